The zero-order chi connectivity index (χ0) is 12.3. The number of para-hydroxylation sites is 2. The van der Waals surface area contributed by atoms with Gasteiger partial charge in [-0.25, -0.2) is 0 Å². The van der Waals surface area contributed by atoms with E-state index in [9.17, 15) is 5.11 Å². The van der Waals surface area contributed by atoms with E-state index < -0.39 is 0 Å². The van der Waals surface area contributed by atoms with Crippen molar-refractivity contribution in [3.05, 3.63) is 66.2 Å². The van der Waals surface area contributed by atoms with Gasteiger partial charge in [0.15, 0.2) is 0 Å². The molecule has 0 amide bonds. The van der Waals surface area contributed by atoms with E-state index in [-0.39, 0.29) is 5.75 Å². The standard InChI is InChI=1S/C15H14O2/c1-11(12-7-3-5-9-14(12)16)13-8-4-6-10-15(13)17-2/h3-10,16H,1H2,2H3. The molecule has 0 bridgehead atoms. The average Bonchev–Trinajstić information content (AvgIpc) is 2.38. The van der Waals surface area contributed by atoms with Crippen molar-refractivity contribution in [2.75, 3.05) is 7.11 Å². The van der Waals surface area contributed by atoms with Gasteiger partial charge in [-0.15, -0.1) is 0 Å². The van der Waals surface area contributed by atoms with Gasteiger partial charge in [0.1, 0.15) is 11.5 Å². The monoisotopic (exact) mass is 226 g/mol. The van der Waals surface area contributed by atoms with Crippen LogP contribution in [0.25, 0.3) is 5.57 Å². The Morgan fingerprint density at radius 3 is 2.24 bits per heavy atom. The number of rotatable bonds is 3. The van der Waals surface area contributed by atoms with E-state index in [1.165, 1.54) is 0 Å². The largest absolute Gasteiger partial charge is 0.507 e. The summed E-state index contributed by atoms with van der Waals surface area (Å²) in [4.78, 5) is 0. The van der Waals surface area contributed by atoms with E-state index in [1.807, 2.05) is 36.4 Å². The third-order valence-corrected chi connectivity index (χ3v) is 2.66. The molecule has 0 spiro atoms. The molecular formula is C15H14O2. The second-order valence-corrected chi connectivity index (χ2v) is 3.70. The maximum atomic E-state index is 9.80. The fourth-order valence-electron chi connectivity index (χ4n) is 1.77. The van der Waals surface area contributed by atoms with Crippen molar-refractivity contribution >= 4 is 5.57 Å². The topological polar surface area (TPSA) is 29.5 Å². The minimum Gasteiger partial charge on any atom is -0.507 e. The van der Waals surface area contributed by atoms with Crippen LogP contribution in [-0.4, -0.2) is 12.2 Å². The van der Waals surface area contributed by atoms with Crippen LogP contribution in [0.3, 0.4) is 0 Å². The first-order valence-electron chi connectivity index (χ1n) is 5.34. The van der Waals surface area contributed by atoms with Crippen molar-refractivity contribution in [3.63, 3.8) is 0 Å². The van der Waals surface area contributed by atoms with Crippen LogP contribution in [-0.2, 0) is 0 Å². The highest BCUT2D eigenvalue weighted by Crippen LogP contribution is 2.33. The Labute approximate surface area is 101 Å². The number of ether oxygens (including phenoxy) is 1. The highest BCUT2D eigenvalue weighted by molar-refractivity contribution is 5.83. The Kier molecular flexibility index (Phi) is 3.15. The third-order valence-electron chi connectivity index (χ3n) is 2.66. The zero-order valence-corrected chi connectivity index (χ0v) is 9.68. The summed E-state index contributed by atoms with van der Waals surface area (Å²) in [6, 6.07) is 14.8. The lowest BCUT2D eigenvalue weighted by atomic mass is 9.98. The van der Waals surface area contributed by atoms with Crippen molar-refractivity contribution < 1.29 is 9.84 Å². The van der Waals surface area contributed by atoms with Gasteiger partial charge < -0.3 is 9.84 Å². The van der Waals surface area contributed by atoms with Gasteiger partial charge in [-0.2, -0.15) is 0 Å². The molecule has 0 radical (unpaired) electrons. The number of hydrogen-bond donors (Lipinski definition) is 1. The lowest BCUT2D eigenvalue weighted by Crippen LogP contribution is -1.92. The van der Waals surface area contributed by atoms with Crippen LogP contribution in [0, 0.1) is 0 Å². The molecule has 0 aromatic heterocycles. The van der Waals surface area contributed by atoms with Gasteiger partial charge in [-0.3, -0.25) is 0 Å². The molecule has 2 aromatic carbocycles. The SMILES string of the molecule is C=C(c1ccccc1O)c1ccccc1OC. The summed E-state index contributed by atoms with van der Waals surface area (Å²) in [5, 5.41) is 9.80. The summed E-state index contributed by atoms with van der Waals surface area (Å²) < 4.78 is 5.29. The number of aromatic hydroxyl groups is 1. The van der Waals surface area contributed by atoms with Crippen LogP contribution < -0.4 is 4.74 Å². The molecule has 86 valence electrons. The normalized spacial score (nSPS) is 9.94. The highest BCUT2D eigenvalue weighted by atomic mass is 16.5. The van der Waals surface area contributed by atoms with Crippen molar-refractivity contribution in [3.8, 4) is 11.5 Å². The number of phenols is 1. The number of phenolic OH excluding ortho intramolecular Hbond substituents is 1. The molecule has 2 aromatic rings. The molecular weight excluding hydrogens is 212 g/mol. The minimum absolute atomic E-state index is 0.225. The van der Waals surface area contributed by atoms with Gasteiger partial charge in [-0.1, -0.05) is 43.0 Å². The van der Waals surface area contributed by atoms with Crippen LogP contribution in [0.4, 0.5) is 0 Å². The molecule has 17 heavy (non-hydrogen) atoms. The molecule has 0 saturated heterocycles. The molecule has 2 heteroatoms. The van der Waals surface area contributed by atoms with Crippen molar-refractivity contribution in [1.29, 1.82) is 0 Å². The van der Waals surface area contributed by atoms with Crippen molar-refractivity contribution in [1.82, 2.24) is 0 Å². The van der Waals surface area contributed by atoms with Crippen LogP contribution in [0.1, 0.15) is 11.1 Å². The number of benzene rings is 2. The Morgan fingerprint density at radius 1 is 1.00 bits per heavy atom. The van der Waals surface area contributed by atoms with E-state index >= 15 is 0 Å². The van der Waals surface area contributed by atoms with E-state index in [1.54, 1.807) is 19.2 Å². The summed E-state index contributed by atoms with van der Waals surface area (Å²) >= 11 is 0. The average molecular weight is 226 g/mol. The summed E-state index contributed by atoms with van der Waals surface area (Å²) in [6.45, 7) is 4.02. The van der Waals surface area contributed by atoms with Gasteiger partial charge >= 0.3 is 0 Å². The quantitative estimate of drug-likeness (QED) is 0.868. The zero-order valence-electron chi connectivity index (χ0n) is 9.68. The Hall–Kier alpha value is -2.22. The molecule has 0 aliphatic rings. The van der Waals surface area contributed by atoms with Crippen LogP contribution in [0.2, 0.25) is 0 Å². The summed E-state index contributed by atoms with van der Waals surface area (Å²) in [5.41, 5.74) is 2.36. The van der Waals surface area contributed by atoms with E-state index in [4.69, 9.17) is 4.74 Å². The first kappa shape index (κ1) is 11.3. The Bertz CT molecular complexity index is 544. The Balaban J connectivity index is 2.48. The molecule has 0 aliphatic heterocycles. The van der Waals surface area contributed by atoms with Gasteiger partial charge in [0.05, 0.1) is 7.11 Å². The van der Waals surface area contributed by atoms with E-state index in [0.29, 0.717) is 0 Å². The highest BCUT2D eigenvalue weighted by Gasteiger charge is 2.10. The van der Waals surface area contributed by atoms with Crippen LogP contribution in [0.5, 0.6) is 11.5 Å². The number of hydrogen-bond acceptors (Lipinski definition) is 2. The summed E-state index contributed by atoms with van der Waals surface area (Å²) in [7, 11) is 1.62. The predicted octanol–water partition coefficient (Wildman–Crippen LogP) is 3.46. The lowest BCUT2D eigenvalue weighted by molar-refractivity contribution is 0.413. The molecule has 0 fully saturated rings. The van der Waals surface area contributed by atoms with E-state index in [2.05, 4.69) is 6.58 Å². The smallest absolute Gasteiger partial charge is 0.126 e. The van der Waals surface area contributed by atoms with Gasteiger partial charge in [0, 0.05) is 11.1 Å². The van der Waals surface area contributed by atoms with Gasteiger partial charge in [0.25, 0.3) is 0 Å². The fourth-order valence-corrected chi connectivity index (χ4v) is 1.77. The van der Waals surface area contributed by atoms with Gasteiger partial charge in [-0.05, 0) is 17.7 Å². The molecule has 0 aliphatic carbocycles. The molecule has 2 nitrogen and oxygen atoms in total. The number of methoxy groups -OCH3 is 1. The van der Waals surface area contributed by atoms with Crippen LogP contribution >= 0.6 is 0 Å². The fraction of sp³-hybridized carbons (Fsp3) is 0.0667. The van der Waals surface area contributed by atoms with Crippen LogP contribution in [0.15, 0.2) is 55.1 Å². The maximum absolute atomic E-state index is 9.80. The molecule has 1 N–H and O–H groups in total. The molecule has 0 heterocycles. The van der Waals surface area contributed by atoms with Crippen molar-refractivity contribution in [2.24, 2.45) is 0 Å². The molecule has 0 unspecified atom stereocenters. The third kappa shape index (κ3) is 2.16. The molecule has 0 atom stereocenters. The summed E-state index contributed by atoms with van der Waals surface area (Å²) in [5.74, 6) is 0.976. The second kappa shape index (κ2) is 4.74. The first-order valence-corrected chi connectivity index (χ1v) is 5.34. The molecule has 0 saturated carbocycles. The summed E-state index contributed by atoms with van der Waals surface area (Å²) in [6.07, 6.45) is 0. The first-order chi connectivity index (χ1) is 8.24. The van der Waals surface area contributed by atoms with E-state index in [0.717, 1.165) is 22.4 Å². The predicted molar refractivity (Wildman–Crippen MR) is 69.2 cm³/mol. The lowest BCUT2D eigenvalue weighted by Gasteiger charge is -2.12. The molecule has 2 rings (SSSR count). The Morgan fingerprint density at radius 2 is 1.59 bits per heavy atom. The second-order valence-electron chi connectivity index (χ2n) is 3.70. The van der Waals surface area contributed by atoms with Crippen molar-refractivity contribution in [2.45, 2.75) is 0 Å². The maximum Gasteiger partial charge on any atom is 0.126 e. The minimum atomic E-state index is 0.225. The van der Waals surface area contributed by atoms with Gasteiger partial charge in [0.2, 0.25) is 0 Å².